The van der Waals surface area contributed by atoms with Crippen LogP contribution in [0.3, 0.4) is 0 Å². The third-order valence-electron chi connectivity index (χ3n) is 4.50. The summed E-state index contributed by atoms with van der Waals surface area (Å²) in [4.78, 5) is 13.2. The van der Waals surface area contributed by atoms with Crippen molar-refractivity contribution in [2.45, 2.75) is 18.3 Å². The number of anilines is 1. The fraction of sp³-hybridized carbons (Fsp3) is 0.0833. The molecule has 1 heterocycles. The Labute approximate surface area is 211 Å². The highest BCUT2D eigenvalue weighted by Gasteiger charge is 2.20. The fourth-order valence-electron chi connectivity index (χ4n) is 2.87. The van der Waals surface area contributed by atoms with Gasteiger partial charge >= 0.3 is 6.61 Å². The molecule has 0 aliphatic heterocycles. The molecule has 1 aromatic heterocycles. The van der Waals surface area contributed by atoms with Crippen molar-refractivity contribution in [2.75, 3.05) is 5.43 Å². The summed E-state index contributed by atoms with van der Waals surface area (Å²) in [7, 11) is 0. The smallest absolute Gasteiger partial charge is 0.387 e. The molecule has 0 bridgehead atoms. The molecule has 0 atom stereocenters. The maximum absolute atomic E-state index is 13.2. The molecule has 4 aromatic rings. The maximum atomic E-state index is 13.2. The van der Waals surface area contributed by atoms with Crippen LogP contribution in [-0.4, -0.2) is 27.6 Å². The Morgan fingerprint density at radius 3 is 2.43 bits per heavy atom. The van der Waals surface area contributed by atoms with E-state index in [0.29, 0.717) is 18.0 Å². The lowest BCUT2D eigenvalue weighted by Gasteiger charge is -2.07. The summed E-state index contributed by atoms with van der Waals surface area (Å²) in [5.41, 5.74) is 4.71. The fourth-order valence-corrected chi connectivity index (χ4v) is 3.83. The zero-order valence-electron chi connectivity index (χ0n) is 17.9. The number of benzene rings is 3. The minimum atomic E-state index is -2.96. The van der Waals surface area contributed by atoms with E-state index < -0.39 is 12.4 Å². The number of carbonyl (C=O) groups is 1. The Morgan fingerprint density at radius 1 is 1.03 bits per heavy atom. The highest BCUT2D eigenvalue weighted by Crippen LogP contribution is 2.24. The third kappa shape index (κ3) is 7.20. The molecule has 1 N–H and O–H groups in total. The molecule has 11 heteroatoms. The van der Waals surface area contributed by atoms with Crippen molar-refractivity contribution in [3.63, 3.8) is 0 Å². The summed E-state index contributed by atoms with van der Waals surface area (Å²) in [6.45, 7) is -2.96. The Balaban J connectivity index is 1.54. The number of Topliss-reactive ketones (excluding diaryl/α,β-unsaturated/α-hetero) is 1. The SMILES string of the molecule is O=C(/C(=N\Nc1ccc(Br)cc1)Sc1nnc(Cc2ccccc2)o1)c1ccc(OC(F)F)cc1. The van der Waals surface area contributed by atoms with Gasteiger partial charge in [0.2, 0.25) is 11.7 Å². The quantitative estimate of drug-likeness (QED) is 0.0832. The second-order valence-electron chi connectivity index (χ2n) is 6.99. The summed E-state index contributed by atoms with van der Waals surface area (Å²) in [6.07, 6.45) is 0.442. The van der Waals surface area contributed by atoms with Crippen molar-refractivity contribution in [3.05, 3.63) is 100 Å². The van der Waals surface area contributed by atoms with E-state index in [-0.39, 0.29) is 21.6 Å². The largest absolute Gasteiger partial charge is 0.435 e. The first-order valence-electron chi connectivity index (χ1n) is 10.2. The van der Waals surface area contributed by atoms with Gasteiger partial charge in [-0.1, -0.05) is 46.3 Å². The number of aromatic nitrogens is 2. The molecule has 0 saturated heterocycles. The van der Waals surface area contributed by atoms with E-state index in [0.717, 1.165) is 21.8 Å². The van der Waals surface area contributed by atoms with Crippen LogP contribution in [0.1, 0.15) is 21.8 Å². The molecular formula is C24H17BrF2N4O3S. The molecule has 7 nitrogen and oxygen atoms in total. The number of hydrazone groups is 1. The minimum absolute atomic E-state index is 0.0188. The number of nitrogens with one attached hydrogen (secondary N) is 1. The van der Waals surface area contributed by atoms with Crippen molar-refractivity contribution in [1.29, 1.82) is 0 Å². The van der Waals surface area contributed by atoms with Crippen molar-refractivity contribution >= 4 is 44.2 Å². The van der Waals surface area contributed by atoms with Crippen LogP contribution in [0.2, 0.25) is 0 Å². The van der Waals surface area contributed by atoms with Gasteiger partial charge in [-0.15, -0.1) is 10.2 Å². The number of ketones is 1. The van der Waals surface area contributed by atoms with Crippen LogP contribution in [0.4, 0.5) is 14.5 Å². The Bertz CT molecular complexity index is 1300. The lowest BCUT2D eigenvalue weighted by molar-refractivity contribution is -0.0498. The Morgan fingerprint density at radius 2 is 1.74 bits per heavy atom. The monoisotopic (exact) mass is 558 g/mol. The van der Waals surface area contributed by atoms with Gasteiger partial charge in [0.15, 0.2) is 5.04 Å². The van der Waals surface area contributed by atoms with Gasteiger partial charge in [-0.25, -0.2) is 0 Å². The van der Waals surface area contributed by atoms with Crippen LogP contribution >= 0.6 is 27.7 Å². The summed E-state index contributed by atoms with van der Waals surface area (Å²) in [5.74, 6) is -0.135. The van der Waals surface area contributed by atoms with Gasteiger partial charge < -0.3 is 9.15 Å². The highest BCUT2D eigenvalue weighted by atomic mass is 79.9. The molecule has 0 saturated carbocycles. The molecule has 0 aliphatic carbocycles. The molecular weight excluding hydrogens is 542 g/mol. The summed E-state index contributed by atoms with van der Waals surface area (Å²) in [5, 5.41) is 12.5. The summed E-state index contributed by atoms with van der Waals surface area (Å²) < 4.78 is 35.8. The molecule has 35 heavy (non-hydrogen) atoms. The number of rotatable bonds is 9. The third-order valence-corrected chi connectivity index (χ3v) is 5.84. The molecule has 0 spiro atoms. The minimum Gasteiger partial charge on any atom is -0.435 e. The van der Waals surface area contributed by atoms with Crippen LogP contribution in [0.25, 0.3) is 0 Å². The van der Waals surface area contributed by atoms with Gasteiger partial charge in [-0.2, -0.15) is 13.9 Å². The van der Waals surface area contributed by atoms with Gasteiger partial charge in [0.05, 0.1) is 12.1 Å². The van der Waals surface area contributed by atoms with E-state index >= 15 is 0 Å². The first-order chi connectivity index (χ1) is 17.0. The number of thioether (sulfide) groups is 1. The summed E-state index contributed by atoms with van der Waals surface area (Å²) in [6, 6.07) is 22.2. The van der Waals surface area contributed by atoms with Gasteiger partial charge in [0, 0.05) is 10.0 Å². The van der Waals surface area contributed by atoms with E-state index in [1.807, 2.05) is 42.5 Å². The van der Waals surface area contributed by atoms with Gasteiger partial charge in [-0.3, -0.25) is 10.2 Å². The number of halogens is 3. The molecule has 0 unspecified atom stereocenters. The van der Waals surface area contributed by atoms with Gasteiger partial charge in [0.1, 0.15) is 5.75 Å². The first kappa shape index (κ1) is 24.6. The molecule has 3 aromatic carbocycles. The van der Waals surface area contributed by atoms with Gasteiger partial charge in [0.25, 0.3) is 5.22 Å². The zero-order valence-corrected chi connectivity index (χ0v) is 20.3. The van der Waals surface area contributed by atoms with Crippen LogP contribution in [0.15, 0.2) is 98.1 Å². The second kappa shape index (κ2) is 11.7. The predicted molar refractivity (Wildman–Crippen MR) is 132 cm³/mol. The lowest BCUT2D eigenvalue weighted by atomic mass is 10.1. The topological polar surface area (TPSA) is 89.6 Å². The average Bonchev–Trinajstić information content (AvgIpc) is 3.30. The number of hydrogen-bond acceptors (Lipinski definition) is 8. The number of nitrogens with zero attached hydrogens (tertiary/aromatic N) is 3. The van der Waals surface area contributed by atoms with Crippen molar-refractivity contribution < 1.29 is 22.7 Å². The highest BCUT2D eigenvalue weighted by molar-refractivity contribution is 9.10. The number of ether oxygens (including phenoxy) is 1. The van der Waals surface area contributed by atoms with Crippen molar-refractivity contribution in [2.24, 2.45) is 5.10 Å². The standard InChI is InChI=1S/C24H17BrF2N4O3S/c25-17-8-10-18(11-9-17)28-30-22(21(32)16-6-12-19(13-7-16)33-23(26)27)35-24-31-29-20(34-24)14-15-4-2-1-3-5-15/h1-13,23,28H,14H2/b30-22+. The number of hydrogen-bond donors (Lipinski definition) is 1. The molecule has 0 amide bonds. The number of carbonyl (C=O) groups excluding carboxylic acids is 1. The van der Waals surface area contributed by atoms with Crippen LogP contribution < -0.4 is 10.2 Å². The zero-order chi connectivity index (χ0) is 24.6. The van der Waals surface area contributed by atoms with Gasteiger partial charge in [-0.05, 0) is 65.9 Å². The van der Waals surface area contributed by atoms with E-state index in [4.69, 9.17) is 4.42 Å². The molecule has 0 aliphatic rings. The maximum Gasteiger partial charge on any atom is 0.387 e. The first-order valence-corrected chi connectivity index (χ1v) is 11.8. The van der Waals surface area contributed by atoms with Crippen LogP contribution in [-0.2, 0) is 6.42 Å². The Hall–Kier alpha value is -3.57. The van der Waals surface area contributed by atoms with E-state index in [9.17, 15) is 13.6 Å². The summed E-state index contributed by atoms with van der Waals surface area (Å²) >= 11 is 4.26. The number of alkyl halides is 2. The normalized spacial score (nSPS) is 11.5. The second-order valence-corrected chi connectivity index (χ2v) is 8.85. The predicted octanol–water partition coefficient (Wildman–Crippen LogP) is 6.42. The van der Waals surface area contributed by atoms with E-state index in [2.05, 4.69) is 41.4 Å². The van der Waals surface area contributed by atoms with Crippen molar-refractivity contribution in [1.82, 2.24) is 10.2 Å². The van der Waals surface area contributed by atoms with Crippen LogP contribution in [0.5, 0.6) is 5.75 Å². The average molecular weight is 559 g/mol. The molecule has 178 valence electrons. The molecule has 0 fully saturated rings. The lowest BCUT2D eigenvalue weighted by Crippen LogP contribution is -2.13. The molecule has 0 radical (unpaired) electrons. The van der Waals surface area contributed by atoms with Crippen molar-refractivity contribution in [3.8, 4) is 5.75 Å². The van der Waals surface area contributed by atoms with E-state index in [1.54, 1.807) is 12.1 Å². The van der Waals surface area contributed by atoms with E-state index in [1.165, 1.54) is 24.3 Å². The Kier molecular flexibility index (Phi) is 8.22. The van der Waals surface area contributed by atoms with Crippen LogP contribution in [0, 0.1) is 0 Å². The molecule has 4 rings (SSSR count).